The Bertz CT molecular complexity index is 168. The highest BCUT2D eigenvalue weighted by Crippen LogP contribution is 2.26. The van der Waals surface area contributed by atoms with Gasteiger partial charge in [-0.3, -0.25) is 0 Å². The molecular weight excluding hydrogens is 151 g/mol. The second-order valence-electron chi connectivity index (χ2n) is 3.98. The maximum absolute atomic E-state index is 5.69. The van der Waals surface area contributed by atoms with Gasteiger partial charge in [-0.25, -0.2) is 0 Å². The van der Waals surface area contributed by atoms with Crippen LogP contribution in [0.2, 0.25) is 6.32 Å². The van der Waals surface area contributed by atoms with E-state index in [9.17, 15) is 0 Å². The first-order valence-corrected chi connectivity index (χ1v) is 4.48. The molecule has 1 aliphatic rings. The highest BCUT2D eigenvalue weighted by molar-refractivity contribution is 6.45. The van der Waals surface area contributed by atoms with Gasteiger partial charge in [-0.15, -0.1) is 6.58 Å². The van der Waals surface area contributed by atoms with Crippen LogP contribution in [-0.2, 0) is 9.31 Å². The lowest BCUT2D eigenvalue weighted by molar-refractivity contribution is -0.0276. The molecule has 0 aromatic heterocycles. The van der Waals surface area contributed by atoms with Crippen LogP contribution < -0.4 is 0 Å². The molecule has 0 N–H and O–H groups in total. The van der Waals surface area contributed by atoms with Gasteiger partial charge >= 0.3 is 7.12 Å². The molecule has 12 heavy (non-hydrogen) atoms. The smallest absolute Gasteiger partial charge is 0.408 e. The van der Waals surface area contributed by atoms with E-state index in [1.54, 1.807) is 0 Å². The largest absolute Gasteiger partial charge is 0.461 e. The van der Waals surface area contributed by atoms with Gasteiger partial charge in [-0.2, -0.15) is 0 Å². The molecule has 0 aromatic rings. The van der Waals surface area contributed by atoms with Gasteiger partial charge in [0, 0.05) is 12.4 Å². The highest BCUT2D eigenvalue weighted by atomic mass is 16.6. The predicted octanol–water partition coefficient (Wildman–Crippen LogP) is 2.26. The number of hydrogen-bond donors (Lipinski definition) is 0. The van der Waals surface area contributed by atoms with E-state index in [0.29, 0.717) is 6.10 Å². The Morgan fingerprint density at radius 2 is 2.33 bits per heavy atom. The van der Waals surface area contributed by atoms with Gasteiger partial charge in [-0.05, 0) is 27.2 Å². The van der Waals surface area contributed by atoms with E-state index in [0.717, 1.165) is 12.7 Å². The van der Waals surface area contributed by atoms with E-state index in [2.05, 4.69) is 27.4 Å². The Kier molecular flexibility index (Phi) is 2.96. The van der Waals surface area contributed by atoms with E-state index in [1.807, 2.05) is 6.08 Å². The van der Waals surface area contributed by atoms with Crippen molar-refractivity contribution in [3.05, 3.63) is 12.7 Å². The standard InChI is InChI=1S/C9H17BO2/c1-5-6-10-11-8(2)7-9(3,4)12-10/h5,8H,1,6-7H2,2-4H3. The lowest BCUT2D eigenvalue weighted by Gasteiger charge is -2.38. The second-order valence-corrected chi connectivity index (χ2v) is 3.98. The summed E-state index contributed by atoms with van der Waals surface area (Å²) in [5.74, 6) is 0. The minimum Gasteiger partial charge on any atom is -0.408 e. The maximum atomic E-state index is 5.69. The van der Waals surface area contributed by atoms with E-state index in [4.69, 9.17) is 9.31 Å². The summed E-state index contributed by atoms with van der Waals surface area (Å²) in [6.07, 6.45) is 3.85. The summed E-state index contributed by atoms with van der Waals surface area (Å²) < 4.78 is 11.3. The monoisotopic (exact) mass is 168 g/mol. The molecule has 68 valence electrons. The summed E-state index contributed by atoms with van der Waals surface area (Å²) in [4.78, 5) is 0. The number of allylic oxidation sites excluding steroid dienone is 1. The summed E-state index contributed by atoms with van der Waals surface area (Å²) in [6.45, 7) is 9.95. The number of hydrogen-bond acceptors (Lipinski definition) is 2. The van der Waals surface area contributed by atoms with Crippen molar-refractivity contribution in [2.75, 3.05) is 0 Å². The molecule has 0 saturated carbocycles. The van der Waals surface area contributed by atoms with Crippen LogP contribution in [0, 0.1) is 0 Å². The van der Waals surface area contributed by atoms with Crippen LogP contribution >= 0.6 is 0 Å². The zero-order valence-corrected chi connectivity index (χ0v) is 8.17. The molecule has 0 aromatic carbocycles. The molecule has 1 unspecified atom stereocenters. The molecule has 1 rings (SSSR count). The molecule has 0 bridgehead atoms. The first kappa shape index (κ1) is 9.81. The number of rotatable bonds is 2. The zero-order valence-electron chi connectivity index (χ0n) is 8.17. The van der Waals surface area contributed by atoms with Gasteiger partial charge in [0.2, 0.25) is 0 Å². The summed E-state index contributed by atoms with van der Waals surface area (Å²) in [5, 5.41) is 0. The van der Waals surface area contributed by atoms with Crippen molar-refractivity contribution >= 4 is 7.12 Å². The third-order valence-electron chi connectivity index (χ3n) is 1.97. The fourth-order valence-electron chi connectivity index (χ4n) is 1.67. The molecule has 0 amide bonds. The van der Waals surface area contributed by atoms with Gasteiger partial charge in [0.05, 0.1) is 5.60 Å². The van der Waals surface area contributed by atoms with Crippen LogP contribution in [0.1, 0.15) is 27.2 Å². The van der Waals surface area contributed by atoms with Gasteiger partial charge < -0.3 is 9.31 Å². The van der Waals surface area contributed by atoms with E-state index in [1.165, 1.54) is 0 Å². The van der Waals surface area contributed by atoms with E-state index in [-0.39, 0.29) is 12.7 Å². The van der Waals surface area contributed by atoms with Crippen LogP contribution in [0.4, 0.5) is 0 Å². The maximum Gasteiger partial charge on any atom is 0.461 e. The minimum atomic E-state index is -0.0961. The molecule has 0 aliphatic carbocycles. The summed E-state index contributed by atoms with van der Waals surface area (Å²) in [5.41, 5.74) is -0.0503. The predicted molar refractivity (Wildman–Crippen MR) is 51.1 cm³/mol. The van der Waals surface area contributed by atoms with Crippen LogP contribution in [0.3, 0.4) is 0 Å². The Morgan fingerprint density at radius 3 is 2.83 bits per heavy atom. The van der Waals surface area contributed by atoms with Gasteiger partial charge in [0.1, 0.15) is 0 Å². The molecule has 1 atom stereocenters. The second kappa shape index (κ2) is 3.63. The van der Waals surface area contributed by atoms with E-state index >= 15 is 0 Å². The van der Waals surface area contributed by atoms with Gasteiger partial charge in [0.25, 0.3) is 0 Å². The summed E-state index contributed by atoms with van der Waals surface area (Å²) in [6, 6.07) is 0. The molecule has 1 heterocycles. The molecule has 2 nitrogen and oxygen atoms in total. The summed E-state index contributed by atoms with van der Waals surface area (Å²) in [7, 11) is -0.0961. The van der Waals surface area contributed by atoms with Crippen molar-refractivity contribution < 1.29 is 9.31 Å². The zero-order chi connectivity index (χ0) is 9.19. The molecular formula is C9H17BO2. The first-order chi connectivity index (χ1) is 5.53. The Labute approximate surface area is 75.1 Å². The average Bonchev–Trinajstić information content (AvgIpc) is 1.82. The average molecular weight is 168 g/mol. The molecule has 0 spiro atoms. The van der Waals surface area contributed by atoms with Crippen molar-refractivity contribution in [1.82, 2.24) is 0 Å². The molecule has 1 saturated heterocycles. The summed E-state index contributed by atoms with van der Waals surface area (Å²) >= 11 is 0. The minimum absolute atomic E-state index is 0.0503. The lowest BCUT2D eigenvalue weighted by atomic mass is 9.79. The molecule has 0 radical (unpaired) electrons. The van der Waals surface area contributed by atoms with Crippen molar-refractivity contribution in [2.24, 2.45) is 0 Å². The third kappa shape index (κ3) is 2.65. The lowest BCUT2D eigenvalue weighted by Crippen LogP contribution is -2.45. The van der Waals surface area contributed by atoms with Crippen LogP contribution in [0.25, 0.3) is 0 Å². The quantitative estimate of drug-likeness (QED) is 0.465. The third-order valence-corrected chi connectivity index (χ3v) is 1.97. The van der Waals surface area contributed by atoms with Crippen molar-refractivity contribution in [1.29, 1.82) is 0 Å². The SMILES string of the molecule is C=CCB1OC(C)CC(C)(C)O1. The van der Waals surface area contributed by atoms with Crippen LogP contribution in [0.15, 0.2) is 12.7 Å². The van der Waals surface area contributed by atoms with Crippen LogP contribution in [0.5, 0.6) is 0 Å². The van der Waals surface area contributed by atoms with Crippen molar-refractivity contribution in [3.63, 3.8) is 0 Å². The normalized spacial score (nSPS) is 28.6. The van der Waals surface area contributed by atoms with Gasteiger partial charge in [0.15, 0.2) is 0 Å². The Morgan fingerprint density at radius 1 is 1.67 bits per heavy atom. The van der Waals surface area contributed by atoms with Gasteiger partial charge in [-0.1, -0.05) is 6.08 Å². The van der Waals surface area contributed by atoms with Crippen LogP contribution in [-0.4, -0.2) is 18.8 Å². The fourth-order valence-corrected chi connectivity index (χ4v) is 1.67. The highest BCUT2D eigenvalue weighted by Gasteiger charge is 2.35. The van der Waals surface area contributed by atoms with E-state index < -0.39 is 0 Å². The molecule has 3 heteroatoms. The Balaban J connectivity index is 2.51. The van der Waals surface area contributed by atoms with Crippen molar-refractivity contribution in [2.45, 2.75) is 45.2 Å². The van der Waals surface area contributed by atoms with Crippen molar-refractivity contribution in [3.8, 4) is 0 Å². The molecule has 1 fully saturated rings. The first-order valence-electron chi connectivity index (χ1n) is 4.48. The fraction of sp³-hybridized carbons (Fsp3) is 0.778. The molecule has 1 aliphatic heterocycles. The Hall–Kier alpha value is -0.275. The topological polar surface area (TPSA) is 18.5 Å².